The zero-order chi connectivity index (χ0) is 19.5. The number of guanidine groups is 1. The molecule has 0 fully saturated rings. The molecule has 0 spiro atoms. The van der Waals surface area contributed by atoms with Crippen LogP contribution in [0, 0.1) is 0 Å². The van der Waals surface area contributed by atoms with Gasteiger partial charge in [-0.2, -0.15) is 0 Å². The van der Waals surface area contributed by atoms with Gasteiger partial charge in [0.15, 0.2) is 15.8 Å². The van der Waals surface area contributed by atoms with Crippen LogP contribution in [-0.4, -0.2) is 46.5 Å². The van der Waals surface area contributed by atoms with Gasteiger partial charge < -0.3 is 10.6 Å². The van der Waals surface area contributed by atoms with Gasteiger partial charge in [-0.25, -0.2) is 8.42 Å². The van der Waals surface area contributed by atoms with Crippen LogP contribution in [0.2, 0.25) is 0 Å². The number of rotatable bonds is 9. The van der Waals surface area contributed by atoms with E-state index in [0.717, 1.165) is 43.2 Å². The first-order chi connectivity index (χ1) is 13.0. The minimum atomic E-state index is -3.14. The third-order valence-corrected chi connectivity index (χ3v) is 6.13. The van der Waals surface area contributed by atoms with E-state index in [4.69, 9.17) is 0 Å². The molecule has 0 heterocycles. The van der Waals surface area contributed by atoms with Crippen molar-refractivity contribution in [1.82, 2.24) is 10.6 Å². The highest BCUT2D eigenvalue weighted by molar-refractivity contribution is 14.0. The molecule has 2 N–H and O–H groups in total. The predicted molar refractivity (Wildman–Crippen MR) is 130 cm³/mol. The molecule has 0 aromatic heterocycles. The molecule has 28 heavy (non-hydrogen) atoms. The van der Waals surface area contributed by atoms with E-state index in [9.17, 15) is 8.42 Å². The number of aliphatic imine (C=N–C) groups is 1. The van der Waals surface area contributed by atoms with Gasteiger partial charge in [-0.1, -0.05) is 30.3 Å². The van der Waals surface area contributed by atoms with E-state index in [-0.39, 0.29) is 24.0 Å². The van der Waals surface area contributed by atoms with Crippen LogP contribution in [0.25, 0.3) is 0 Å². The molecule has 2 aromatic rings. The van der Waals surface area contributed by atoms with Crippen molar-refractivity contribution in [3.05, 3.63) is 60.2 Å². The summed E-state index contributed by atoms with van der Waals surface area (Å²) >= 11 is 1.85. The van der Waals surface area contributed by atoms with Crippen LogP contribution in [0.3, 0.4) is 0 Å². The molecule has 5 nitrogen and oxygen atoms in total. The zero-order valence-corrected chi connectivity index (χ0v) is 20.2. The third-order valence-electron chi connectivity index (χ3n) is 3.91. The van der Waals surface area contributed by atoms with Crippen LogP contribution in [0.15, 0.2) is 69.4 Å². The Kier molecular flexibility index (Phi) is 11.6. The molecule has 154 valence electrons. The molecular formula is C20H28IN3O2S2. The molecule has 0 atom stereocenters. The highest BCUT2D eigenvalue weighted by atomic mass is 127. The number of thioether (sulfide) groups is 1. The van der Waals surface area contributed by atoms with Crippen molar-refractivity contribution in [2.45, 2.75) is 22.6 Å². The van der Waals surface area contributed by atoms with Crippen LogP contribution in [-0.2, 0) is 16.3 Å². The summed E-state index contributed by atoms with van der Waals surface area (Å²) in [6, 6.07) is 17.4. The highest BCUT2D eigenvalue weighted by Crippen LogP contribution is 2.17. The summed E-state index contributed by atoms with van der Waals surface area (Å²) in [5.74, 6) is 1.84. The minimum Gasteiger partial charge on any atom is -0.356 e. The van der Waals surface area contributed by atoms with E-state index in [2.05, 4.69) is 39.9 Å². The van der Waals surface area contributed by atoms with Crippen LogP contribution < -0.4 is 10.6 Å². The summed E-state index contributed by atoms with van der Waals surface area (Å²) in [4.78, 5) is 5.88. The predicted octanol–water partition coefficient (Wildman–Crippen LogP) is 3.60. The molecular weight excluding hydrogens is 505 g/mol. The SMILES string of the molecule is CN=C(NCCCSc1ccccc1)NCCc1ccc(S(C)(=O)=O)cc1.I. The molecule has 0 saturated carbocycles. The number of hydrogen-bond donors (Lipinski definition) is 2. The molecule has 0 saturated heterocycles. The molecule has 0 unspecified atom stereocenters. The normalized spacial score (nSPS) is 11.6. The average Bonchev–Trinajstić information content (AvgIpc) is 2.67. The molecule has 0 aliphatic carbocycles. The Labute approximate surface area is 189 Å². The van der Waals surface area contributed by atoms with Gasteiger partial charge in [0.1, 0.15) is 0 Å². The fourth-order valence-electron chi connectivity index (χ4n) is 2.43. The fourth-order valence-corrected chi connectivity index (χ4v) is 3.94. The smallest absolute Gasteiger partial charge is 0.190 e. The van der Waals surface area contributed by atoms with Crippen LogP contribution in [0.5, 0.6) is 0 Å². The number of nitrogens with one attached hydrogen (secondary N) is 2. The number of nitrogens with zero attached hydrogens (tertiary/aromatic N) is 1. The Hall–Kier alpha value is -1.26. The molecule has 0 radical (unpaired) electrons. The van der Waals surface area contributed by atoms with Gasteiger partial charge in [0.05, 0.1) is 4.90 Å². The monoisotopic (exact) mass is 533 g/mol. The molecule has 8 heteroatoms. The van der Waals surface area contributed by atoms with E-state index in [1.165, 1.54) is 11.2 Å². The quantitative estimate of drug-likeness (QED) is 0.170. The Bertz CT molecular complexity index is 826. The first kappa shape index (κ1) is 24.8. The Balaban J connectivity index is 0.00000392. The molecule has 0 bridgehead atoms. The van der Waals surface area contributed by atoms with Gasteiger partial charge >= 0.3 is 0 Å². The average molecular weight is 534 g/mol. The van der Waals surface area contributed by atoms with E-state index in [0.29, 0.717) is 4.90 Å². The summed E-state index contributed by atoms with van der Waals surface area (Å²) in [7, 11) is -1.38. The lowest BCUT2D eigenvalue weighted by atomic mass is 10.1. The lowest BCUT2D eigenvalue weighted by Gasteiger charge is -2.12. The maximum absolute atomic E-state index is 11.5. The molecule has 0 aliphatic heterocycles. The van der Waals surface area contributed by atoms with Gasteiger partial charge in [-0.15, -0.1) is 35.7 Å². The summed E-state index contributed by atoms with van der Waals surface area (Å²) in [6.45, 7) is 1.60. The van der Waals surface area contributed by atoms with Crippen molar-refractivity contribution in [1.29, 1.82) is 0 Å². The van der Waals surface area contributed by atoms with Crippen molar-refractivity contribution in [2.24, 2.45) is 4.99 Å². The lowest BCUT2D eigenvalue weighted by Crippen LogP contribution is -2.38. The second-order valence-corrected chi connectivity index (χ2v) is 9.29. The summed E-state index contributed by atoms with van der Waals surface area (Å²) in [5, 5.41) is 6.60. The Morgan fingerprint density at radius 1 is 1.00 bits per heavy atom. The fraction of sp³-hybridized carbons (Fsp3) is 0.350. The zero-order valence-electron chi connectivity index (χ0n) is 16.2. The first-order valence-electron chi connectivity index (χ1n) is 8.90. The summed E-state index contributed by atoms with van der Waals surface area (Å²) in [6.07, 6.45) is 3.07. The molecule has 0 aliphatic rings. The van der Waals surface area contributed by atoms with Crippen LogP contribution in [0.4, 0.5) is 0 Å². The maximum atomic E-state index is 11.5. The van der Waals surface area contributed by atoms with Crippen LogP contribution in [0.1, 0.15) is 12.0 Å². The van der Waals surface area contributed by atoms with Gasteiger partial charge in [-0.3, -0.25) is 4.99 Å². The Morgan fingerprint density at radius 2 is 1.64 bits per heavy atom. The molecule has 0 amide bonds. The van der Waals surface area contributed by atoms with E-state index < -0.39 is 9.84 Å². The largest absolute Gasteiger partial charge is 0.356 e. The van der Waals surface area contributed by atoms with Crippen molar-refractivity contribution >= 4 is 51.5 Å². The second-order valence-electron chi connectivity index (χ2n) is 6.11. The number of sulfone groups is 1. The van der Waals surface area contributed by atoms with Crippen molar-refractivity contribution in [3.8, 4) is 0 Å². The maximum Gasteiger partial charge on any atom is 0.190 e. The van der Waals surface area contributed by atoms with Gasteiger partial charge in [0.2, 0.25) is 0 Å². The van der Waals surface area contributed by atoms with E-state index >= 15 is 0 Å². The molecule has 2 aromatic carbocycles. The minimum absolute atomic E-state index is 0. The highest BCUT2D eigenvalue weighted by Gasteiger charge is 2.06. The van der Waals surface area contributed by atoms with E-state index in [1.54, 1.807) is 19.2 Å². The second kappa shape index (κ2) is 13.1. The number of benzene rings is 2. The van der Waals surface area contributed by atoms with Gasteiger partial charge in [0.25, 0.3) is 0 Å². The van der Waals surface area contributed by atoms with Gasteiger partial charge in [0, 0.05) is 31.3 Å². The van der Waals surface area contributed by atoms with Crippen molar-refractivity contribution in [3.63, 3.8) is 0 Å². The first-order valence-corrected chi connectivity index (χ1v) is 11.8. The Morgan fingerprint density at radius 3 is 2.25 bits per heavy atom. The van der Waals surface area contributed by atoms with Crippen LogP contribution >= 0.6 is 35.7 Å². The lowest BCUT2D eigenvalue weighted by molar-refractivity contribution is 0.602. The number of hydrogen-bond acceptors (Lipinski definition) is 4. The molecule has 2 rings (SSSR count). The van der Waals surface area contributed by atoms with E-state index in [1.807, 2.05) is 30.0 Å². The topological polar surface area (TPSA) is 70.6 Å². The standard InChI is InChI=1S/C20H27N3O2S2.HI/c1-21-20(22-14-6-16-26-18-7-4-3-5-8-18)23-15-13-17-9-11-19(12-10-17)27(2,24)25;/h3-5,7-12H,6,13-16H2,1-2H3,(H2,21,22,23);1H. The number of halogens is 1. The van der Waals surface area contributed by atoms with Crippen molar-refractivity contribution < 1.29 is 8.42 Å². The van der Waals surface area contributed by atoms with Crippen molar-refractivity contribution in [2.75, 3.05) is 32.1 Å². The summed E-state index contributed by atoms with van der Waals surface area (Å²) in [5.41, 5.74) is 1.09. The summed E-state index contributed by atoms with van der Waals surface area (Å²) < 4.78 is 23.0. The van der Waals surface area contributed by atoms with Gasteiger partial charge in [-0.05, 0) is 48.4 Å². The third kappa shape index (κ3) is 9.29.